The number of para-hydroxylation sites is 1. The summed E-state index contributed by atoms with van der Waals surface area (Å²) < 4.78 is 5.48. The zero-order valence-electron chi connectivity index (χ0n) is 7.44. The summed E-state index contributed by atoms with van der Waals surface area (Å²) in [5.74, 6) is 0. The zero-order chi connectivity index (χ0) is 8.93. The lowest BCUT2D eigenvalue weighted by molar-refractivity contribution is 0.0452. The van der Waals surface area contributed by atoms with Gasteiger partial charge in [-0.05, 0) is 12.1 Å². The molecule has 69 valence electrons. The highest BCUT2D eigenvalue weighted by atomic mass is 16.5. The van der Waals surface area contributed by atoms with E-state index in [1.807, 2.05) is 30.3 Å². The summed E-state index contributed by atoms with van der Waals surface area (Å²) in [6, 6.07) is 10.1. The molecule has 1 radical (unpaired) electrons. The zero-order valence-corrected chi connectivity index (χ0v) is 7.44. The van der Waals surface area contributed by atoms with Gasteiger partial charge in [0.1, 0.15) is 6.23 Å². The molecule has 1 saturated heterocycles. The molecule has 1 aromatic carbocycles. The molecule has 0 bridgehead atoms. The first kappa shape index (κ1) is 8.53. The van der Waals surface area contributed by atoms with Gasteiger partial charge in [0.25, 0.3) is 0 Å². The van der Waals surface area contributed by atoms with Gasteiger partial charge in [0.05, 0.1) is 13.2 Å². The Kier molecular flexibility index (Phi) is 2.79. The fourth-order valence-corrected chi connectivity index (χ4v) is 1.33. The van der Waals surface area contributed by atoms with Gasteiger partial charge in [-0.1, -0.05) is 18.2 Å². The maximum atomic E-state index is 5.48. The number of nitrogens with zero attached hydrogens (tertiary/aromatic N) is 1. The monoisotopic (exact) mass is 177 g/mol. The van der Waals surface area contributed by atoms with E-state index >= 15 is 0 Å². The minimum absolute atomic E-state index is 0.0520. The van der Waals surface area contributed by atoms with E-state index in [4.69, 9.17) is 4.74 Å². The maximum Gasteiger partial charge on any atom is 0.142 e. The van der Waals surface area contributed by atoms with Crippen molar-refractivity contribution in [1.29, 1.82) is 0 Å². The van der Waals surface area contributed by atoms with Crippen LogP contribution in [0.15, 0.2) is 30.3 Å². The summed E-state index contributed by atoms with van der Waals surface area (Å²) in [7, 11) is 0. The number of benzene rings is 1. The van der Waals surface area contributed by atoms with Crippen molar-refractivity contribution in [2.45, 2.75) is 6.23 Å². The highest BCUT2D eigenvalue weighted by Gasteiger charge is 2.12. The summed E-state index contributed by atoms with van der Waals surface area (Å²) in [5.41, 5.74) is 1.09. The van der Waals surface area contributed by atoms with E-state index in [2.05, 4.69) is 10.6 Å². The van der Waals surface area contributed by atoms with Crippen LogP contribution in [0.3, 0.4) is 0 Å². The molecule has 1 aliphatic heterocycles. The molecule has 3 heteroatoms. The highest BCUT2D eigenvalue weighted by molar-refractivity contribution is 5.42. The largest absolute Gasteiger partial charge is 0.359 e. The molecule has 0 aromatic heterocycles. The van der Waals surface area contributed by atoms with Gasteiger partial charge in [0.15, 0.2) is 0 Å². The molecule has 1 N–H and O–H groups in total. The van der Waals surface area contributed by atoms with Gasteiger partial charge in [-0.15, -0.1) is 0 Å². The van der Waals surface area contributed by atoms with Gasteiger partial charge in [-0.25, -0.2) is 5.32 Å². The average Bonchev–Trinajstić information content (AvgIpc) is 2.21. The van der Waals surface area contributed by atoms with Gasteiger partial charge in [0, 0.05) is 12.2 Å². The Morgan fingerprint density at radius 3 is 2.85 bits per heavy atom. The van der Waals surface area contributed by atoms with Crippen LogP contribution in [0.25, 0.3) is 0 Å². The van der Waals surface area contributed by atoms with Gasteiger partial charge in [0.2, 0.25) is 0 Å². The van der Waals surface area contributed by atoms with Crippen molar-refractivity contribution in [3.63, 3.8) is 0 Å². The molecule has 2 rings (SSSR count). The smallest absolute Gasteiger partial charge is 0.142 e. The van der Waals surface area contributed by atoms with E-state index in [0.717, 1.165) is 25.4 Å². The van der Waals surface area contributed by atoms with Crippen molar-refractivity contribution in [1.82, 2.24) is 5.32 Å². The van der Waals surface area contributed by atoms with Crippen LogP contribution in [-0.2, 0) is 4.74 Å². The normalized spacial score (nSPS) is 22.6. The molecule has 0 amide bonds. The van der Waals surface area contributed by atoms with Crippen molar-refractivity contribution in [2.24, 2.45) is 0 Å². The second-order valence-corrected chi connectivity index (χ2v) is 3.00. The average molecular weight is 177 g/mol. The topological polar surface area (TPSA) is 35.4 Å². The van der Waals surface area contributed by atoms with E-state index in [-0.39, 0.29) is 6.23 Å². The maximum absolute atomic E-state index is 5.48. The Labute approximate surface area is 78.1 Å². The van der Waals surface area contributed by atoms with Gasteiger partial charge < -0.3 is 10.1 Å². The third-order valence-corrected chi connectivity index (χ3v) is 1.96. The first-order chi connectivity index (χ1) is 6.45. The number of nitrogens with one attached hydrogen (secondary N) is 1. The minimum atomic E-state index is 0.0520. The fourth-order valence-electron chi connectivity index (χ4n) is 1.33. The van der Waals surface area contributed by atoms with Gasteiger partial charge in [-0.3, -0.25) is 0 Å². The van der Waals surface area contributed by atoms with Gasteiger partial charge >= 0.3 is 0 Å². The first-order valence-electron chi connectivity index (χ1n) is 4.51. The first-order valence-corrected chi connectivity index (χ1v) is 4.51. The van der Waals surface area contributed by atoms with Crippen LogP contribution in [0.1, 0.15) is 0 Å². The molecule has 1 aliphatic rings. The van der Waals surface area contributed by atoms with E-state index < -0.39 is 0 Å². The molecule has 13 heavy (non-hydrogen) atoms. The van der Waals surface area contributed by atoms with Crippen molar-refractivity contribution < 1.29 is 4.74 Å². The summed E-state index contributed by atoms with van der Waals surface area (Å²) in [6.07, 6.45) is 0.0520. The van der Waals surface area contributed by atoms with Crippen molar-refractivity contribution in [3.05, 3.63) is 30.3 Å². The molecule has 0 spiro atoms. The Bertz CT molecular complexity index is 244. The standard InChI is InChI=1S/C10H13N2O/c1-2-4-9(5-3-1)12-10-8-11-6-7-13-10/h1-5,10,12H,6-8H2. The van der Waals surface area contributed by atoms with Crippen LogP contribution in [-0.4, -0.2) is 25.9 Å². The Morgan fingerprint density at radius 2 is 2.15 bits per heavy atom. The minimum Gasteiger partial charge on any atom is -0.359 e. The fraction of sp³-hybridized carbons (Fsp3) is 0.400. The molecule has 0 aliphatic carbocycles. The van der Waals surface area contributed by atoms with Crippen LogP contribution in [0.5, 0.6) is 0 Å². The molecule has 1 fully saturated rings. The van der Waals surface area contributed by atoms with Crippen molar-refractivity contribution in [3.8, 4) is 0 Å². The Balaban J connectivity index is 1.90. The Hall–Kier alpha value is -1.06. The number of hydrogen-bond acceptors (Lipinski definition) is 2. The van der Waals surface area contributed by atoms with E-state index in [9.17, 15) is 0 Å². The molecule has 1 unspecified atom stereocenters. The third-order valence-electron chi connectivity index (χ3n) is 1.96. The molecule has 1 aromatic rings. The molecule has 1 heterocycles. The van der Waals surface area contributed by atoms with E-state index in [0.29, 0.717) is 0 Å². The number of ether oxygens (including phenoxy) is 1. The molecule has 0 saturated carbocycles. The number of hydrogen-bond donors (Lipinski definition) is 1. The predicted octanol–water partition coefficient (Wildman–Crippen LogP) is 1.06. The highest BCUT2D eigenvalue weighted by Crippen LogP contribution is 2.08. The number of rotatable bonds is 2. The van der Waals surface area contributed by atoms with E-state index in [1.54, 1.807) is 0 Å². The summed E-state index contributed by atoms with van der Waals surface area (Å²) >= 11 is 0. The quantitative estimate of drug-likeness (QED) is 0.733. The lowest BCUT2D eigenvalue weighted by Crippen LogP contribution is -2.39. The van der Waals surface area contributed by atoms with Gasteiger partial charge in [-0.2, -0.15) is 0 Å². The second kappa shape index (κ2) is 4.25. The summed E-state index contributed by atoms with van der Waals surface area (Å²) in [4.78, 5) is 0. The SMILES string of the molecule is c1ccc(NC2C[N]CCO2)cc1. The Morgan fingerprint density at radius 1 is 1.31 bits per heavy atom. The summed E-state index contributed by atoms with van der Waals surface area (Å²) in [6.45, 7) is 2.30. The van der Waals surface area contributed by atoms with Crippen LogP contribution < -0.4 is 10.6 Å². The van der Waals surface area contributed by atoms with Crippen molar-refractivity contribution >= 4 is 5.69 Å². The lowest BCUT2D eigenvalue weighted by atomic mass is 10.3. The lowest BCUT2D eigenvalue weighted by Gasteiger charge is -2.24. The third kappa shape index (κ3) is 2.44. The number of anilines is 1. The van der Waals surface area contributed by atoms with Crippen molar-refractivity contribution in [2.75, 3.05) is 25.0 Å². The second-order valence-electron chi connectivity index (χ2n) is 3.00. The predicted molar refractivity (Wildman–Crippen MR) is 51.7 cm³/mol. The van der Waals surface area contributed by atoms with E-state index in [1.165, 1.54) is 0 Å². The molecular formula is C10H13N2O. The van der Waals surface area contributed by atoms with Crippen LogP contribution >= 0.6 is 0 Å². The molecule has 1 atom stereocenters. The van der Waals surface area contributed by atoms with Crippen LogP contribution in [0.2, 0.25) is 0 Å². The van der Waals surface area contributed by atoms with Crippen LogP contribution in [0.4, 0.5) is 5.69 Å². The molecule has 3 nitrogen and oxygen atoms in total. The number of morpholine rings is 1. The van der Waals surface area contributed by atoms with Crippen LogP contribution in [0, 0.1) is 0 Å². The molecular weight excluding hydrogens is 164 g/mol. The summed E-state index contributed by atoms with van der Waals surface area (Å²) in [5, 5.41) is 7.53.